The van der Waals surface area contributed by atoms with E-state index in [1.54, 1.807) is 0 Å². The zero-order chi connectivity index (χ0) is 33.3. The Hall–Kier alpha value is -6.64. The Bertz CT molecular complexity index is 2550. The minimum Gasteiger partial charge on any atom is -0.311 e. The third-order valence-corrected chi connectivity index (χ3v) is 9.61. The third-order valence-electron chi connectivity index (χ3n) is 9.61. The Balaban J connectivity index is 1.11. The predicted molar refractivity (Wildman–Crippen MR) is 212 cm³/mol. The Morgan fingerprint density at radius 2 is 0.760 bits per heavy atom. The Morgan fingerprint density at radius 3 is 1.44 bits per heavy atom. The molecule has 0 aliphatic carbocycles. The van der Waals surface area contributed by atoms with Gasteiger partial charge in [0, 0.05) is 33.5 Å². The molecule has 0 spiro atoms. The number of hydrogen-bond donors (Lipinski definition) is 0. The first-order valence-corrected chi connectivity index (χ1v) is 17.1. The van der Waals surface area contributed by atoms with Gasteiger partial charge in [-0.05, 0) is 94.0 Å². The molecule has 0 saturated carbocycles. The van der Waals surface area contributed by atoms with Gasteiger partial charge in [-0.2, -0.15) is 0 Å². The molecule has 0 unspecified atom stereocenters. The van der Waals surface area contributed by atoms with Crippen LogP contribution in [0.5, 0.6) is 0 Å². The Morgan fingerprint density at radius 1 is 0.300 bits per heavy atom. The normalized spacial score (nSPS) is 11.2. The van der Waals surface area contributed by atoms with Crippen LogP contribution < -0.4 is 4.90 Å². The first kappa shape index (κ1) is 29.5. The molecule has 1 heterocycles. The standard InChI is InChI=1S/C48H34N2/c1-4-14-35(15-5-1)36-24-29-41(30-25-36)49(39-16-6-2-7-17-39)42-31-26-37(27-32-42)43-20-10-11-21-44(43)38-28-33-46-45-22-12-13-23-47(45)50(48(46)34-38)40-18-8-3-9-19-40/h1-34H. The molecule has 0 bridgehead atoms. The van der Waals surface area contributed by atoms with E-state index in [1.807, 2.05) is 0 Å². The topological polar surface area (TPSA) is 8.17 Å². The van der Waals surface area contributed by atoms with Crippen LogP contribution in [0.1, 0.15) is 0 Å². The SMILES string of the molecule is c1ccc(-c2ccc(N(c3ccccc3)c3ccc(-c4ccccc4-c4ccc5c6ccccc6n(-c6ccccc6)c5c4)cc3)cc2)cc1. The molecular weight excluding hydrogens is 605 g/mol. The molecule has 0 radical (unpaired) electrons. The summed E-state index contributed by atoms with van der Waals surface area (Å²) in [6.07, 6.45) is 0. The van der Waals surface area contributed by atoms with Gasteiger partial charge in [0.2, 0.25) is 0 Å². The summed E-state index contributed by atoms with van der Waals surface area (Å²) in [4.78, 5) is 2.32. The van der Waals surface area contributed by atoms with Crippen molar-refractivity contribution in [2.24, 2.45) is 0 Å². The molecule has 1 aromatic heterocycles. The number of hydrogen-bond acceptors (Lipinski definition) is 1. The predicted octanol–water partition coefficient (Wildman–Crippen LogP) is 13.3. The van der Waals surface area contributed by atoms with E-state index >= 15 is 0 Å². The number of para-hydroxylation sites is 3. The minimum atomic E-state index is 1.11. The van der Waals surface area contributed by atoms with E-state index in [9.17, 15) is 0 Å². The smallest absolute Gasteiger partial charge is 0.0547 e. The molecule has 0 amide bonds. The molecule has 2 nitrogen and oxygen atoms in total. The van der Waals surface area contributed by atoms with Gasteiger partial charge in [0.05, 0.1) is 11.0 Å². The maximum atomic E-state index is 2.39. The summed E-state index contributed by atoms with van der Waals surface area (Å²) < 4.78 is 2.39. The number of fused-ring (bicyclic) bond motifs is 3. The lowest BCUT2D eigenvalue weighted by atomic mass is 9.94. The fraction of sp³-hybridized carbons (Fsp3) is 0. The minimum absolute atomic E-state index is 1.11. The monoisotopic (exact) mass is 638 g/mol. The van der Waals surface area contributed by atoms with Crippen LogP contribution in [0.2, 0.25) is 0 Å². The van der Waals surface area contributed by atoms with E-state index < -0.39 is 0 Å². The highest BCUT2D eigenvalue weighted by Gasteiger charge is 2.16. The summed E-state index contributed by atoms with van der Waals surface area (Å²) in [5, 5.41) is 2.52. The number of rotatable bonds is 7. The maximum absolute atomic E-state index is 2.39. The number of benzene rings is 8. The summed E-state index contributed by atoms with van der Waals surface area (Å²) in [5.74, 6) is 0. The van der Waals surface area contributed by atoms with Crippen molar-refractivity contribution in [1.82, 2.24) is 4.57 Å². The van der Waals surface area contributed by atoms with Gasteiger partial charge in [-0.1, -0.05) is 146 Å². The van der Waals surface area contributed by atoms with Crippen LogP contribution in [0.25, 0.3) is 60.9 Å². The Labute approximate surface area is 292 Å². The van der Waals surface area contributed by atoms with Crippen LogP contribution in [0.3, 0.4) is 0 Å². The molecule has 0 atom stereocenters. The van der Waals surface area contributed by atoms with Crippen LogP contribution >= 0.6 is 0 Å². The van der Waals surface area contributed by atoms with Crippen molar-refractivity contribution in [3.8, 4) is 39.1 Å². The average molecular weight is 639 g/mol. The zero-order valence-corrected chi connectivity index (χ0v) is 27.5. The van der Waals surface area contributed by atoms with Crippen molar-refractivity contribution < 1.29 is 0 Å². The third kappa shape index (κ3) is 5.34. The van der Waals surface area contributed by atoms with Crippen molar-refractivity contribution in [3.63, 3.8) is 0 Å². The first-order chi connectivity index (χ1) is 24.8. The molecule has 9 rings (SSSR count). The number of anilines is 3. The summed E-state index contributed by atoms with van der Waals surface area (Å²) in [6, 6.07) is 74.0. The van der Waals surface area contributed by atoms with Crippen molar-refractivity contribution in [2.45, 2.75) is 0 Å². The second kappa shape index (κ2) is 12.8. The number of aromatic nitrogens is 1. The average Bonchev–Trinajstić information content (AvgIpc) is 3.53. The number of nitrogens with zero attached hydrogens (tertiary/aromatic N) is 2. The second-order valence-electron chi connectivity index (χ2n) is 12.6. The summed E-state index contributed by atoms with van der Waals surface area (Å²) >= 11 is 0. The van der Waals surface area contributed by atoms with Gasteiger partial charge in [0.1, 0.15) is 0 Å². The Kier molecular flexibility index (Phi) is 7.53. The van der Waals surface area contributed by atoms with E-state index in [0.717, 1.165) is 22.7 Å². The summed E-state index contributed by atoms with van der Waals surface area (Å²) in [7, 11) is 0. The molecule has 0 aliphatic rings. The van der Waals surface area contributed by atoms with Gasteiger partial charge in [-0.3, -0.25) is 0 Å². The molecule has 8 aromatic carbocycles. The quantitative estimate of drug-likeness (QED) is 0.169. The fourth-order valence-electron chi connectivity index (χ4n) is 7.23. The van der Waals surface area contributed by atoms with Crippen LogP contribution in [-0.4, -0.2) is 4.57 Å². The molecule has 0 saturated heterocycles. The van der Waals surface area contributed by atoms with Gasteiger partial charge in [0.25, 0.3) is 0 Å². The maximum Gasteiger partial charge on any atom is 0.0547 e. The molecule has 9 aromatic rings. The lowest BCUT2D eigenvalue weighted by molar-refractivity contribution is 1.18. The van der Waals surface area contributed by atoms with Gasteiger partial charge in [0.15, 0.2) is 0 Å². The highest BCUT2D eigenvalue weighted by atomic mass is 15.1. The van der Waals surface area contributed by atoms with Gasteiger partial charge >= 0.3 is 0 Å². The van der Waals surface area contributed by atoms with Gasteiger partial charge in [-0.25, -0.2) is 0 Å². The largest absolute Gasteiger partial charge is 0.311 e. The van der Waals surface area contributed by atoms with E-state index in [0.29, 0.717) is 0 Å². The van der Waals surface area contributed by atoms with Crippen molar-refractivity contribution >= 4 is 38.9 Å². The van der Waals surface area contributed by atoms with E-state index in [4.69, 9.17) is 0 Å². The first-order valence-electron chi connectivity index (χ1n) is 17.1. The van der Waals surface area contributed by atoms with Crippen LogP contribution in [0.15, 0.2) is 206 Å². The van der Waals surface area contributed by atoms with Crippen molar-refractivity contribution in [1.29, 1.82) is 0 Å². The van der Waals surface area contributed by atoms with E-state index in [2.05, 4.69) is 216 Å². The van der Waals surface area contributed by atoms with Gasteiger partial charge < -0.3 is 9.47 Å². The molecule has 0 fully saturated rings. The lowest BCUT2D eigenvalue weighted by Crippen LogP contribution is -2.09. The summed E-state index contributed by atoms with van der Waals surface area (Å²) in [5.41, 5.74) is 14.2. The van der Waals surface area contributed by atoms with Crippen LogP contribution in [0, 0.1) is 0 Å². The lowest BCUT2D eigenvalue weighted by Gasteiger charge is -2.26. The molecular formula is C48H34N2. The molecule has 236 valence electrons. The molecule has 0 aliphatic heterocycles. The van der Waals surface area contributed by atoms with Crippen molar-refractivity contribution in [3.05, 3.63) is 206 Å². The highest BCUT2D eigenvalue weighted by molar-refractivity contribution is 6.10. The zero-order valence-electron chi connectivity index (χ0n) is 27.5. The molecule has 50 heavy (non-hydrogen) atoms. The summed E-state index contributed by atoms with van der Waals surface area (Å²) in [6.45, 7) is 0. The van der Waals surface area contributed by atoms with Crippen LogP contribution in [-0.2, 0) is 0 Å². The highest BCUT2D eigenvalue weighted by Crippen LogP contribution is 2.40. The van der Waals surface area contributed by atoms with E-state index in [-0.39, 0.29) is 0 Å². The van der Waals surface area contributed by atoms with E-state index in [1.165, 1.54) is 55.2 Å². The van der Waals surface area contributed by atoms with Gasteiger partial charge in [-0.15, -0.1) is 0 Å². The fourth-order valence-corrected chi connectivity index (χ4v) is 7.23. The van der Waals surface area contributed by atoms with Crippen molar-refractivity contribution in [2.75, 3.05) is 4.90 Å². The van der Waals surface area contributed by atoms with Crippen LogP contribution in [0.4, 0.5) is 17.1 Å². The molecule has 2 heteroatoms. The molecule has 0 N–H and O–H groups in total. The second-order valence-corrected chi connectivity index (χ2v) is 12.6.